The van der Waals surface area contributed by atoms with Gasteiger partial charge in [0, 0.05) is 13.1 Å². The van der Waals surface area contributed by atoms with Crippen molar-refractivity contribution in [1.29, 1.82) is 0 Å². The first kappa shape index (κ1) is 13.9. The molecule has 5 heteroatoms. The van der Waals surface area contributed by atoms with E-state index in [2.05, 4.69) is 0 Å². The molecule has 2 aliphatic rings. The highest BCUT2D eigenvalue weighted by molar-refractivity contribution is 5.78. The highest BCUT2D eigenvalue weighted by Crippen LogP contribution is 2.52. The van der Waals surface area contributed by atoms with Crippen LogP contribution >= 0.6 is 0 Å². The number of hydrogen-bond donors (Lipinski definition) is 0. The van der Waals surface area contributed by atoms with E-state index in [9.17, 15) is 9.59 Å². The third-order valence-electron chi connectivity index (χ3n) is 4.22. The maximum absolute atomic E-state index is 12.0. The minimum Gasteiger partial charge on any atom is -0.466 e. The minimum absolute atomic E-state index is 0.0110. The molecule has 1 saturated heterocycles. The average Bonchev–Trinajstić information content (AvgIpc) is 3.01. The first-order valence-corrected chi connectivity index (χ1v) is 7.33. The molecule has 21 heavy (non-hydrogen) atoms. The SMILES string of the molecule is CCOC(=O)[C@H]1[C@@H]2CN(C(=O)OCc3ccccc3)C[C@@H]21. The lowest BCUT2D eigenvalue weighted by molar-refractivity contribution is -0.145. The van der Waals surface area contributed by atoms with E-state index in [4.69, 9.17) is 9.47 Å². The van der Waals surface area contributed by atoms with Crippen LogP contribution in [-0.4, -0.2) is 36.7 Å². The second kappa shape index (κ2) is 5.76. The normalized spacial score (nSPS) is 26.1. The van der Waals surface area contributed by atoms with Gasteiger partial charge in [0.2, 0.25) is 0 Å². The molecule has 1 heterocycles. The molecule has 1 aromatic rings. The van der Waals surface area contributed by atoms with E-state index < -0.39 is 0 Å². The molecule has 1 saturated carbocycles. The number of carbonyl (C=O) groups is 2. The van der Waals surface area contributed by atoms with Crippen LogP contribution in [0.5, 0.6) is 0 Å². The van der Waals surface area contributed by atoms with E-state index >= 15 is 0 Å². The minimum atomic E-state index is -0.298. The summed E-state index contributed by atoms with van der Waals surface area (Å²) in [6.45, 7) is 3.71. The predicted molar refractivity (Wildman–Crippen MR) is 75.3 cm³/mol. The Morgan fingerprint density at radius 3 is 2.43 bits per heavy atom. The Hall–Kier alpha value is -2.04. The van der Waals surface area contributed by atoms with Crippen molar-refractivity contribution in [3.05, 3.63) is 35.9 Å². The lowest BCUT2D eigenvalue weighted by Gasteiger charge is -2.19. The third kappa shape index (κ3) is 2.86. The monoisotopic (exact) mass is 289 g/mol. The Morgan fingerprint density at radius 1 is 1.14 bits per heavy atom. The highest BCUT2D eigenvalue weighted by atomic mass is 16.6. The van der Waals surface area contributed by atoms with Gasteiger partial charge in [0.1, 0.15) is 6.61 Å². The number of nitrogens with zero attached hydrogens (tertiary/aromatic N) is 1. The molecule has 0 unspecified atom stereocenters. The van der Waals surface area contributed by atoms with Crippen LogP contribution in [0.1, 0.15) is 12.5 Å². The summed E-state index contributed by atoms with van der Waals surface area (Å²) in [6.07, 6.45) is -0.298. The van der Waals surface area contributed by atoms with Gasteiger partial charge >= 0.3 is 12.1 Å². The van der Waals surface area contributed by atoms with E-state index in [0.717, 1.165) is 5.56 Å². The van der Waals surface area contributed by atoms with E-state index in [1.54, 1.807) is 4.90 Å². The lowest BCUT2D eigenvalue weighted by Crippen LogP contribution is -2.33. The summed E-state index contributed by atoms with van der Waals surface area (Å²) in [5.41, 5.74) is 0.972. The van der Waals surface area contributed by atoms with Crippen LogP contribution in [0.2, 0.25) is 0 Å². The number of benzene rings is 1. The van der Waals surface area contributed by atoms with Gasteiger partial charge in [-0.05, 0) is 24.3 Å². The fraction of sp³-hybridized carbons (Fsp3) is 0.500. The van der Waals surface area contributed by atoms with Crippen molar-refractivity contribution in [3.8, 4) is 0 Å². The van der Waals surface area contributed by atoms with Crippen LogP contribution < -0.4 is 0 Å². The van der Waals surface area contributed by atoms with Crippen molar-refractivity contribution in [2.24, 2.45) is 17.8 Å². The van der Waals surface area contributed by atoms with Gasteiger partial charge in [-0.1, -0.05) is 30.3 Å². The molecule has 0 aromatic heterocycles. The zero-order valence-corrected chi connectivity index (χ0v) is 12.0. The summed E-state index contributed by atoms with van der Waals surface area (Å²) in [7, 11) is 0. The fourth-order valence-corrected chi connectivity index (χ4v) is 3.07. The summed E-state index contributed by atoms with van der Waals surface area (Å²) >= 11 is 0. The molecule has 3 rings (SSSR count). The molecule has 5 nitrogen and oxygen atoms in total. The molecule has 1 aliphatic carbocycles. The molecule has 0 spiro atoms. The van der Waals surface area contributed by atoms with Crippen LogP contribution in [0.4, 0.5) is 4.79 Å². The summed E-state index contributed by atoms with van der Waals surface area (Å²) in [5, 5.41) is 0. The summed E-state index contributed by atoms with van der Waals surface area (Å²) in [6, 6.07) is 9.60. The molecule has 1 aromatic carbocycles. The van der Waals surface area contributed by atoms with Crippen molar-refractivity contribution in [2.75, 3.05) is 19.7 Å². The molecule has 112 valence electrons. The molecular formula is C16H19NO4. The number of esters is 1. The zero-order valence-electron chi connectivity index (χ0n) is 12.0. The maximum atomic E-state index is 12.0. The number of rotatable bonds is 4. The van der Waals surface area contributed by atoms with Gasteiger partial charge in [-0.2, -0.15) is 0 Å². The quantitative estimate of drug-likeness (QED) is 0.796. The molecule has 1 aliphatic heterocycles. The average molecular weight is 289 g/mol. The summed E-state index contributed by atoms with van der Waals surface area (Å²) in [5.74, 6) is 0.384. The van der Waals surface area contributed by atoms with E-state index in [0.29, 0.717) is 19.7 Å². The van der Waals surface area contributed by atoms with Crippen LogP contribution in [0.25, 0.3) is 0 Å². The Bertz CT molecular complexity index is 518. The van der Waals surface area contributed by atoms with Gasteiger partial charge < -0.3 is 14.4 Å². The Kier molecular flexibility index (Phi) is 3.82. The van der Waals surface area contributed by atoms with Gasteiger partial charge in [-0.3, -0.25) is 4.79 Å². The van der Waals surface area contributed by atoms with E-state index in [1.165, 1.54) is 0 Å². The third-order valence-corrected chi connectivity index (χ3v) is 4.22. The second-order valence-corrected chi connectivity index (χ2v) is 5.55. The van der Waals surface area contributed by atoms with Gasteiger partial charge in [0.15, 0.2) is 0 Å². The van der Waals surface area contributed by atoms with Crippen LogP contribution in [0.15, 0.2) is 30.3 Å². The van der Waals surface area contributed by atoms with Gasteiger partial charge in [-0.25, -0.2) is 4.79 Å². The zero-order chi connectivity index (χ0) is 14.8. The number of ether oxygens (including phenoxy) is 2. The van der Waals surface area contributed by atoms with Crippen LogP contribution in [0.3, 0.4) is 0 Å². The fourth-order valence-electron chi connectivity index (χ4n) is 3.07. The first-order chi connectivity index (χ1) is 10.2. The van der Waals surface area contributed by atoms with Crippen molar-refractivity contribution >= 4 is 12.1 Å². The molecule has 0 bridgehead atoms. The van der Waals surface area contributed by atoms with Crippen molar-refractivity contribution in [3.63, 3.8) is 0 Å². The lowest BCUT2D eigenvalue weighted by atomic mass is 10.2. The van der Waals surface area contributed by atoms with Gasteiger partial charge in [0.25, 0.3) is 0 Å². The summed E-state index contributed by atoms with van der Waals surface area (Å²) < 4.78 is 10.3. The van der Waals surface area contributed by atoms with E-state index in [1.807, 2.05) is 37.3 Å². The standard InChI is InChI=1S/C16H19NO4/c1-2-20-15(18)14-12-8-17(9-13(12)14)16(19)21-10-11-6-4-3-5-7-11/h3-7,12-14H,2,8-10H2,1H3/t12-,13+,14+. The number of fused-ring (bicyclic) bond motifs is 1. The number of carbonyl (C=O) groups excluding carboxylic acids is 2. The molecular weight excluding hydrogens is 270 g/mol. The number of piperidine rings is 1. The largest absolute Gasteiger partial charge is 0.466 e. The smallest absolute Gasteiger partial charge is 0.410 e. The predicted octanol–water partition coefficient (Wildman–Crippen LogP) is 2.06. The van der Waals surface area contributed by atoms with Crippen LogP contribution in [-0.2, 0) is 20.9 Å². The second-order valence-electron chi connectivity index (χ2n) is 5.55. The first-order valence-electron chi connectivity index (χ1n) is 7.33. The Labute approximate surface area is 123 Å². The Balaban J connectivity index is 1.44. The summed E-state index contributed by atoms with van der Waals surface area (Å²) in [4.78, 5) is 25.3. The van der Waals surface area contributed by atoms with Crippen molar-refractivity contribution in [1.82, 2.24) is 4.90 Å². The van der Waals surface area contributed by atoms with Gasteiger partial charge in [-0.15, -0.1) is 0 Å². The van der Waals surface area contributed by atoms with Crippen molar-refractivity contribution < 1.29 is 19.1 Å². The molecule has 2 fully saturated rings. The van der Waals surface area contributed by atoms with Crippen LogP contribution in [0, 0.1) is 17.8 Å². The maximum Gasteiger partial charge on any atom is 0.410 e. The topological polar surface area (TPSA) is 55.8 Å². The highest BCUT2D eigenvalue weighted by Gasteiger charge is 2.61. The molecule has 1 amide bonds. The molecule has 0 N–H and O–H groups in total. The Morgan fingerprint density at radius 2 is 1.81 bits per heavy atom. The molecule has 0 radical (unpaired) electrons. The van der Waals surface area contributed by atoms with Gasteiger partial charge in [0.05, 0.1) is 12.5 Å². The number of hydrogen-bond acceptors (Lipinski definition) is 4. The molecule has 3 atom stereocenters. The number of amides is 1. The van der Waals surface area contributed by atoms with E-state index in [-0.39, 0.29) is 36.4 Å². The number of likely N-dealkylation sites (tertiary alicyclic amines) is 1. The van der Waals surface area contributed by atoms with Crippen molar-refractivity contribution in [2.45, 2.75) is 13.5 Å².